The first kappa shape index (κ1) is 23.2. The second-order valence-corrected chi connectivity index (χ2v) is 8.52. The molecular weight excluding hydrogens is 362 g/mol. The molecule has 0 aliphatic heterocycles. The number of hydrogen-bond donors (Lipinski definition) is 7. The largest absolute Gasteiger partial charge is 0.480 e. The average Bonchev–Trinajstić information content (AvgIpc) is 2.42. The highest BCUT2D eigenvalue weighted by atomic mass is 31.2. The van der Waals surface area contributed by atoms with Crippen LogP contribution in [-0.2, 0) is 13.9 Å². The van der Waals surface area contributed by atoms with E-state index >= 15 is 0 Å². The molecule has 3 atom stereocenters. The van der Waals surface area contributed by atoms with Crippen molar-refractivity contribution < 1.29 is 38.6 Å². The summed E-state index contributed by atoms with van der Waals surface area (Å²) >= 11 is 0. The lowest BCUT2D eigenvalue weighted by Crippen LogP contribution is -2.42. The van der Waals surface area contributed by atoms with Gasteiger partial charge in [-0.2, -0.15) is 0 Å². The van der Waals surface area contributed by atoms with Gasteiger partial charge in [-0.15, -0.1) is 13.2 Å². The van der Waals surface area contributed by atoms with E-state index in [4.69, 9.17) is 24.7 Å². The second-order valence-electron chi connectivity index (χ2n) is 5.05. The van der Waals surface area contributed by atoms with Crippen molar-refractivity contribution in [3.63, 3.8) is 0 Å². The Bertz CT molecular complexity index is 529. The molecule has 0 aromatic carbocycles. The standard InChI is InChI=1S/C12H24N2O8P2/c1-3-10(23(17,18)19)13-8-6-5-7-9(12(15)16)14-11(4-2)24(20,21)22/h3-4,9-11,13-14H,1-2,5-8H2,(H,15,16)(H2,17,18,19)(H2,20,21,22)/t9-,10?,11?/m0/s1. The summed E-state index contributed by atoms with van der Waals surface area (Å²) < 4.78 is 22.2. The third kappa shape index (κ3) is 8.86. The highest BCUT2D eigenvalue weighted by Gasteiger charge is 2.30. The van der Waals surface area contributed by atoms with Gasteiger partial charge in [0.25, 0.3) is 0 Å². The summed E-state index contributed by atoms with van der Waals surface area (Å²) in [5.41, 5.74) is 0. The van der Waals surface area contributed by atoms with Crippen molar-refractivity contribution in [2.45, 2.75) is 36.9 Å². The van der Waals surface area contributed by atoms with Gasteiger partial charge in [0.2, 0.25) is 0 Å². The van der Waals surface area contributed by atoms with Crippen molar-refractivity contribution >= 4 is 21.2 Å². The van der Waals surface area contributed by atoms with Crippen molar-refractivity contribution in [1.29, 1.82) is 0 Å². The molecule has 0 aromatic rings. The lowest BCUT2D eigenvalue weighted by Gasteiger charge is -2.21. The van der Waals surface area contributed by atoms with Crippen LogP contribution in [0, 0.1) is 0 Å². The number of aliphatic carboxylic acids is 1. The van der Waals surface area contributed by atoms with Gasteiger partial charge in [0.1, 0.15) is 17.6 Å². The maximum Gasteiger partial charge on any atom is 0.346 e. The lowest BCUT2D eigenvalue weighted by molar-refractivity contribution is -0.139. The van der Waals surface area contributed by atoms with E-state index in [-0.39, 0.29) is 13.0 Å². The third-order valence-electron chi connectivity index (χ3n) is 3.11. The molecule has 0 aromatic heterocycles. The van der Waals surface area contributed by atoms with Crippen molar-refractivity contribution in [3.8, 4) is 0 Å². The second kappa shape index (κ2) is 10.2. The van der Waals surface area contributed by atoms with E-state index < -0.39 is 38.8 Å². The molecule has 0 fully saturated rings. The van der Waals surface area contributed by atoms with E-state index in [1.54, 1.807) is 0 Å². The van der Waals surface area contributed by atoms with Gasteiger partial charge in [0.15, 0.2) is 0 Å². The van der Waals surface area contributed by atoms with E-state index in [0.29, 0.717) is 12.8 Å². The van der Waals surface area contributed by atoms with E-state index in [2.05, 4.69) is 23.8 Å². The lowest BCUT2D eigenvalue weighted by atomic mass is 10.1. The van der Waals surface area contributed by atoms with Gasteiger partial charge in [-0.25, -0.2) is 0 Å². The van der Waals surface area contributed by atoms with Crippen LogP contribution in [0.4, 0.5) is 0 Å². The minimum absolute atomic E-state index is 0.0794. The molecule has 0 saturated heterocycles. The van der Waals surface area contributed by atoms with Gasteiger partial charge in [0, 0.05) is 0 Å². The van der Waals surface area contributed by atoms with Crippen LogP contribution in [0.1, 0.15) is 19.3 Å². The molecule has 0 rings (SSSR count). The maximum atomic E-state index is 11.2. The number of carbonyl (C=O) groups is 1. The quantitative estimate of drug-likeness (QED) is 0.131. The summed E-state index contributed by atoms with van der Waals surface area (Å²) in [4.78, 5) is 47.3. The van der Waals surface area contributed by atoms with Gasteiger partial charge in [-0.1, -0.05) is 18.6 Å². The molecule has 0 aliphatic carbocycles. The van der Waals surface area contributed by atoms with Gasteiger partial charge in [-0.05, 0) is 19.4 Å². The molecular formula is C12H24N2O8P2. The molecule has 0 aliphatic rings. The predicted molar refractivity (Wildman–Crippen MR) is 88.5 cm³/mol. The third-order valence-corrected chi connectivity index (χ3v) is 5.32. The van der Waals surface area contributed by atoms with E-state index in [1.165, 1.54) is 0 Å². The first-order valence-corrected chi connectivity index (χ1v) is 10.4. The van der Waals surface area contributed by atoms with Gasteiger partial charge >= 0.3 is 21.2 Å². The van der Waals surface area contributed by atoms with Crippen molar-refractivity contribution in [2.75, 3.05) is 6.54 Å². The van der Waals surface area contributed by atoms with Crippen LogP contribution in [-0.4, -0.2) is 54.8 Å². The number of unbranched alkanes of at least 4 members (excludes halogenated alkanes) is 1. The summed E-state index contributed by atoms with van der Waals surface area (Å²) in [6, 6.07) is -1.18. The van der Waals surface area contributed by atoms with E-state index in [0.717, 1.165) is 12.2 Å². The Hall–Kier alpha value is -0.830. The highest BCUT2D eigenvalue weighted by molar-refractivity contribution is 7.53. The Morgan fingerprint density at radius 3 is 1.88 bits per heavy atom. The summed E-state index contributed by atoms with van der Waals surface area (Å²) in [5.74, 6) is -3.90. The molecule has 2 unspecified atom stereocenters. The van der Waals surface area contributed by atoms with E-state index in [1.807, 2.05) is 0 Å². The smallest absolute Gasteiger partial charge is 0.346 e. The molecule has 7 N–H and O–H groups in total. The van der Waals surface area contributed by atoms with Crippen LogP contribution < -0.4 is 10.6 Å². The summed E-state index contributed by atoms with van der Waals surface area (Å²) in [6.07, 6.45) is 2.89. The van der Waals surface area contributed by atoms with Gasteiger partial charge in [-0.3, -0.25) is 19.2 Å². The predicted octanol–water partition coefficient (Wildman–Crippen LogP) is 0.169. The Morgan fingerprint density at radius 1 is 1.00 bits per heavy atom. The molecule has 0 bridgehead atoms. The molecule has 0 radical (unpaired) electrons. The van der Waals surface area contributed by atoms with Crippen molar-refractivity contribution in [2.24, 2.45) is 0 Å². The number of nitrogens with one attached hydrogen (secondary N) is 2. The summed E-state index contributed by atoms with van der Waals surface area (Å²) in [7, 11) is -8.89. The fraction of sp³-hybridized carbons (Fsp3) is 0.583. The van der Waals surface area contributed by atoms with Crippen molar-refractivity contribution in [3.05, 3.63) is 25.3 Å². The SMILES string of the molecule is C=CC(NCCCC[C@H](NC(C=C)P(=O)(O)O)C(=O)O)P(=O)(O)O. The first-order chi connectivity index (χ1) is 10.9. The molecule has 10 nitrogen and oxygen atoms in total. The fourth-order valence-corrected chi connectivity index (χ4v) is 3.14. The van der Waals surface area contributed by atoms with Crippen LogP contribution in [0.15, 0.2) is 25.3 Å². The topological polar surface area (TPSA) is 176 Å². The van der Waals surface area contributed by atoms with Crippen LogP contribution >= 0.6 is 15.2 Å². The number of rotatable bonds is 13. The zero-order valence-corrected chi connectivity index (χ0v) is 14.8. The van der Waals surface area contributed by atoms with Crippen molar-refractivity contribution in [1.82, 2.24) is 10.6 Å². The minimum Gasteiger partial charge on any atom is -0.480 e. The molecule has 0 heterocycles. The number of hydrogen-bond acceptors (Lipinski definition) is 5. The van der Waals surface area contributed by atoms with Crippen LogP contribution in [0.5, 0.6) is 0 Å². The Morgan fingerprint density at radius 2 is 1.50 bits per heavy atom. The van der Waals surface area contributed by atoms with Crippen LogP contribution in [0.2, 0.25) is 0 Å². The first-order valence-electron chi connectivity index (χ1n) is 7.01. The molecule has 0 spiro atoms. The van der Waals surface area contributed by atoms with Gasteiger partial charge in [0.05, 0.1) is 0 Å². The molecule has 0 saturated carbocycles. The van der Waals surface area contributed by atoms with E-state index in [9.17, 15) is 13.9 Å². The zero-order chi connectivity index (χ0) is 19.0. The maximum absolute atomic E-state index is 11.2. The highest BCUT2D eigenvalue weighted by Crippen LogP contribution is 2.41. The number of carboxylic acid groups (broad SMARTS) is 1. The number of carboxylic acids is 1. The minimum atomic E-state index is -4.55. The average molecular weight is 386 g/mol. The van der Waals surface area contributed by atoms with Crippen LogP contribution in [0.3, 0.4) is 0 Å². The summed E-state index contributed by atoms with van der Waals surface area (Å²) in [5, 5.41) is 14.0. The molecule has 12 heteroatoms. The molecule has 24 heavy (non-hydrogen) atoms. The Balaban J connectivity index is 4.40. The Labute approximate surface area is 140 Å². The Kier molecular flexibility index (Phi) is 9.87. The monoisotopic (exact) mass is 386 g/mol. The van der Waals surface area contributed by atoms with Gasteiger partial charge < -0.3 is 30.0 Å². The normalized spacial score (nSPS) is 16.2. The molecule has 140 valence electrons. The summed E-state index contributed by atoms with van der Waals surface area (Å²) in [6.45, 7) is 6.80. The van der Waals surface area contributed by atoms with Crippen LogP contribution in [0.25, 0.3) is 0 Å². The zero-order valence-electron chi connectivity index (χ0n) is 13.0. The molecule has 0 amide bonds. The fourth-order valence-electron chi connectivity index (χ4n) is 1.85.